The van der Waals surface area contributed by atoms with E-state index in [1.165, 1.54) is 12.8 Å². The van der Waals surface area contributed by atoms with Crippen LogP contribution in [0, 0.1) is 5.92 Å². The molecular weight excluding hydrogens is 226 g/mol. The molecule has 2 aliphatic rings. The number of aromatic nitrogens is 2. The average molecular weight is 247 g/mol. The quantitative estimate of drug-likeness (QED) is 0.816. The van der Waals surface area contributed by atoms with Crippen molar-refractivity contribution < 1.29 is 4.79 Å². The second kappa shape index (κ2) is 4.41. The van der Waals surface area contributed by atoms with E-state index in [2.05, 4.69) is 28.3 Å². The molecule has 3 rings (SSSR count). The molecule has 4 nitrogen and oxygen atoms in total. The van der Waals surface area contributed by atoms with Gasteiger partial charge in [0.05, 0.1) is 0 Å². The van der Waals surface area contributed by atoms with E-state index in [9.17, 15) is 4.79 Å². The first-order valence-corrected chi connectivity index (χ1v) is 6.95. The van der Waals surface area contributed by atoms with Crippen molar-refractivity contribution >= 4 is 5.91 Å². The Hall–Kier alpha value is -1.32. The first kappa shape index (κ1) is 11.8. The minimum atomic E-state index is 0.355. The van der Waals surface area contributed by atoms with Crippen molar-refractivity contribution in [3.8, 4) is 0 Å². The van der Waals surface area contributed by atoms with Gasteiger partial charge in [-0.2, -0.15) is 0 Å². The number of rotatable bonds is 4. The lowest BCUT2D eigenvalue weighted by molar-refractivity contribution is -0.128. The fourth-order valence-corrected chi connectivity index (χ4v) is 2.92. The second-order valence-corrected chi connectivity index (χ2v) is 5.94. The molecule has 1 saturated heterocycles. The minimum Gasteiger partial charge on any atom is -0.339 e. The van der Waals surface area contributed by atoms with Crippen LogP contribution in [-0.2, 0) is 11.3 Å². The van der Waals surface area contributed by atoms with E-state index in [-0.39, 0.29) is 0 Å². The summed E-state index contributed by atoms with van der Waals surface area (Å²) in [5, 5.41) is 0. The molecule has 1 aliphatic carbocycles. The Balaban J connectivity index is 1.66. The van der Waals surface area contributed by atoms with Crippen molar-refractivity contribution in [2.75, 3.05) is 6.54 Å². The Labute approximate surface area is 108 Å². The maximum absolute atomic E-state index is 11.9. The lowest BCUT2D eigenvalue weighted by Gasteiger charge is -2.17. The molecule has 1 saturated carbocycles. The monoisotopic (exact) mass is 247 g/mol. The van der Waals surface area contributed by atoms with E-state index in [4.69, 9.17) is 0 Å². The summed E-state index contributed by atoms with van der Waals surface area (Å²) in [6, 6.07) is 0.565. The number of carbonyl (C=O) groups is 1. The van der Waals surface area contributed by atoms with Crippen LogP contribution in [0.2, 0.25) is 0 Å². The molecule has 0 aromatic carbocycles. The number of nitrogens with zero attached hydrogens (tertiary/aromatic N) is 3. The number of hydrogen-bond donors (Lipinski definition) is 0. The Kier molecular flexibility index (Phi) is 2.88. The number of amides is 1. The molecule has 0 radical (unpaired) electrons. The van der Waals surface area contributed by atoms with Gasteiger partial charge in [-0.15, -0.1) is 0 Å². The summed E-state index contributed by atoms with van der Waals surface area (Å²) in [7, 11) is 0. The SMILES string of the molecule is CC(C)c1nccn1CC1CC(=O)N(C2CC2)C1. The van der Waals surface area contributed by atoms with E-state index in [1.807, 2.05) is 12.4 Å². The summed E-state index contributed by atoms with van der Waals surface area (Å²) in [6.45, 7) is 6.20. The molecule has 1 aromatic heterocycles. The van der Waals surface area contributed by atoms with Gasteiger partial charge < -0.3 is 9.47 Å². The van der Waals surface area contributed by atoms with Crippen LogP contribution in [0.25, 0.3) is 0 Å². The molecule has 1 aliphatic heterocycles. The van der Waals surface area contributed by atoms with Gasteiger partial charge in [-0.1, -0.05) is 13.8 Å². The Morgan fingerprint density at radius 2 is 2.22 bits per heavy atom. The van der Waals surface area contributed by atoms with Crippen molar-refractivity contribution in [3.05, 3.63) is 18.2 Å². The average Bonchev–Trinajstić information content (AvgIpc) is 2.94. The van der Waals surface area contributed by atoms with Crippen LogP contribution in [0.3, 0.4) is 0 Å². The summed E-state index contributed by atoms with van der Waals surface area (Å²) >= 11 is 0. The van der Waals surface area contributed by atoms with E-state index >= 15 is 0 Å². The van der Waals surface area contributed by atoms with Gasteiger partial charge in [0, 0.05) is 49.8 Å². The van der Waals surface area contributed by atoms with Crippen LogP contribution in [-0.4, -0.2) is 32.9 Å². The van der Waals surface area contributed by atoms with E-state index in [0.29, 0.717) is 30.2 Å². The molecule has 2 fully saturated rings. The molecule has 4 heteroatoms. The van der Waals surface area contributed by atoms with Crippen LogP contribution in [0.4, 0.5) is 0 Å². The fourth-order valence-electron chi connectivity index (χ4n) is 2.92. The molecular formula is C14H21N3O. The van der Waals surface area contributed by atoms with Gasteiger partial charge in [-0.05, 0) is 12.8 Å². The Morgan fingerprint density at radius 1 is 1.44 bits per heavy atom. The highest BCUT2D eigenvalue weighted by Gasteiger charge is 2.39. The number of carbonyl (C=O) groups excluding carboxylic acids is 1. The maximum Gasteiger partial charge on any atom is 0.223 e. The van der Waals surface area contributed by atoms with Gasteiger partial charge in [0.2, 0.25) is 5.91 Å². The van der Waals surface area contributed by atoms with Crippen molar-refractivity contribution in [2.45, 2.75) is 51.6 Å². The zero-order valence-electron chi connectivity index (χ0n) is 11.2. The van der Waals surface area contributed by atoms with Crippen molar-refractivity contribution in [2.24, 2.45) is 5.92 Å². The first-order valence-electron chi connectivity index (χ1n) is 6.95. The molecule has 1 atom stereocenters. The summed E-state index contributed by atoms with van der Waals surface area (Å²) in [4.78, 5) is 18.4. The minimum absolute atomic E-state index is 0.355. The van der Waals surface area contributed by atoms with Crippen LogP contribution >= 0.6 is 0 Å². The smallest absolute Gasteiger partial charge is 0.223 e. The number of likely N-dealkylation sites (tertiary alicyclic amines) is 1. The number of imidazole rings is 1. The zero-order chi connectivity index (χ0) is 12.7. The summed E-state index contributed by atoms with van der Waals surface area (Å²) in [5.74, 6) is 2.39. The van der Waals surface area contributed by atoms with Crippen molar-refractivity contribution in [1.82, 2.24) is 14.5 Å². The van der Waals surface area contributed by atoms with Gasteiger partial charge in [-0.3, -0.25) is 4.79 Å². The van der Waals surface area contributed by atoms with Gasteiger partial charge in [-0.25, -0.2) is 4.98 Å². The lowest BCUT2D eigenvalue weighted by Crippen LogP contribution is -2.27. The molecule has 98 valence electrons. The van der Waals surface area contributed by atoms with Crippen LogP contribution in [0.5, 0.6) is 0 Å². The van der Waals surface area contributed by atoms with E-state index < -0.39 is 0 Å². The summed E-state index contributed by atoms with van der Waals surface area (Å²) in [5.41, 5.74) is 0. The van der Waals surface area contributed by atoms with Crippen LogP contribution in [0.15, 0.2) is 12.4 Å². The predicted molar refractivity (Wildman–Crippen MR) is 69.2 cm³/mol. The molecule has 1 unspecified atom stereocenters. The van der Waals surface area contributed by atoms with Crippen LogP contribution in [0.1, 0.15) is 44.9 Å². The summed E-state index contributed by atoms with van der Waals surface area (Å²) in [6.07, 6.45) is 7.04. The highest BCUT2D eigenvalue weighted by atomic mass is 16.2. The molecule has 0 N–H and O–H groups in total. The zero-order valence-corrected chi connectivity index (χ0v) is 11.2. The number of hydrogen-bond acceptors (Lipinski definition) is 2. The lowest BCUT2D eigenvalue weighted by atomic mass is 10.1. The summed E-state index contributed by atoms with van der Waals surface area (Å²) < 4.78 is 2.22. The van der Waals surface area contributed by atoms with Crippen molar-refractivity contribution in [1.29, 1.82) is 0 Å². The normalized spacial score (nSPS) is 24.3. The molecule has 1 amide bonds. The third kappa shape index (κ3) is 2.16. The molecule has 0 spiro atoms. The molecule has 2 heterocycles. The van der Waals surface area contributed by atoms with Gasteiger partial charge >= 0.3 is 0 Å². The molecule has 18 heavy (non-hydrogen) atoms. The third-order valence-corrected chi connectivity index (χ3v) is 3.95. The fraction of sp³-hybridized carbons (Fsp3) is 0.714. The maximum atomic E-state index is 11.9. The van der Waals surface area contributed by atoms with Gasteiger partial charge in [0.15, 0.2) is 0 Å². The first-order chi connectivity index (χ1) is 8.65. The van der Waals surface area contributed by atoms with Crippen LogP contribution < -0.4 is 0 Å². The third-order valence-electron chi connectivity index (χ3n) is 3.95. The standard InChI is InChI=1S/C14H21N3O/c1-10(2)14-15-5-6-16(14)8-11-7-13(18)17(9-11)12-3-4-12/h5-6,10-12H,3-4,7-9H2,1-2H3. The van der Waals surface area contributed by atoms with E-state index in [0.717, 1.165) is 18.9 Å². The Bertz CT molecular complexity index is 448. The predicted octanol–water partition coefficient (Wildman–Crippen LogP) is 2.02. The van der Waals surface area contributed by atoms with Gasteiger partial charge in [0.25, 0.3) is 0 Å². The highest BCUT2D eigenvalue weighted by molar-refractivity contribution is 5.79. The second-order valence-electron chi connectivity index (χ2n) is 5.94. The Morgan fingerprint density at radius 3 is 2.89 bits per heavy atom. The van der Waals surface area contributed by atoms with Gasteiger partial charge in [0.1, 0.15) is 5.82 Å². The van der Waals surface area contributed by atoms with Crippen molar-refractivity contribution in [3.63, 3.8) is 0 Å². The molecule has 0 bridgehead atoms. The topological polar surface area (TPSA) is 38.1 Å². The highest BCUT2D eigenvalue weighted by Crippen LogP contribution is 2.33. The largest absolute Gasteiger partial charge is 0.339 e. The van der Waals surface area contributed by atoms with E-state index in [1.54, 1.807) is 0 Å². The molecule has 1 aromatic rings.